The smallest absolute Gasteiger partial charge is 0.165 e. The van der Waals surface area contributed by atoms with Crippen LogP contribution in [-0.4, -0.2) is 46.7 Å². The Kier molecular flexibility index (Phi) is 6.94. The molecular formula is C21H35NO4. The number of nitrogens with one attached hydrogen (secondary N) is 1. The van der Waals surface area contributed by atoms with Gasteiger partial charge in [-0.1, -0.05) is 26.8 Å². The standard InChI is InChI=1S/C19H29NO4.C2H6/c1-11-4-7-14(22)17-15(11)19(3)8-9-20-12(2)5-6-13(10-21)16(23)18(19)24-17;1-2/h4,7,12-13,16,18,20-23H,5-6,8-10H2,1-3H3;1-2H3/t12?,13?,16?,18-,19?;/m0./s1. The normalized spacial score (nSPS) is 34.0. The summed E-state index contributed by atoms with van der Waals surface area (Å²) in [5.41, 5.74) is 1.64. The predicted octanol–water partition coefficient (Wildman–Crippen LogP) is 2.88. The van der Waals surface area contributed by atoms with Crippen molar-refractivity contribution in [2.75, 3.05) is 13.2 Å². The highest BCUT2D eigenvalue weighted by Gasteiger charge is 2.51. The molecule has 3 rings (SSSR count). The number of hydrogen-bond donors (Lipinski definition) is 4. The lowest BCUT2D eigenvalue weighted by molar-refractivity contribution is -0.0455. The molecule has 0 saturated carbocycles. The molecule has 0 aliphatic carbocycles. The first-order valence-electron chi connectivity index (χ1n) is 9.90. The molecule has 4 unspecified atom stereocenters. The van der Waals surface area contributed by atoms with Gasteiger partial charge >= 0.3 is 0 Å². The fraction of sp³-hybridized carbons (Fsp3) is 0.714. The fourth-order valence-electron chi connectivity index (χ4n) is 4.37. The van der Waals surface area contributed by atoms with Crippen LogP contribution in [0.15, 0.2) is 12.1 Å². The lowest BCUT2D eigenvalue weighted by atomic mass is 9.70. The zero-order valence-corrected chi connectivity index (χ0v) is 16.7. The number of aryl methyl sites for hydroxylation is 1. The van der Waals surface area contributed by atoms with E-state index in [2.05, 4.69) is 19.2 Å². The Morgan fingerprint density at radius 2 is 1.96 bits per heavy atom. The van der Waals surface area contributed by atoms with Crippen LogP contribution in [0, 0.1) is 12.8 Å². The highest BCUT2D eigenvalue weighted by Crippen LogP contribution is 2.52. The van der Waals surface area contributed by atoms with Crippen LogP contribution >= 0.6 is 0 Å². The Hall–Kier alpha value is -1.30. The molecule has 0 aromatic heterocycles. The Morgan fingerprint density at radius 3 is 2.62 bits per heavy atom. The number of benzene rings is 1. The Bertz CT molecular complexity index is 606. The first-order chi connectivity index (χ1) is 12.4. The van der Waals surface area contributed by atoms with Gasteiger partial charge in [0.1, 0.15) is 6.10 Å². The lowest BCUT2D eigenvalue weighted by Crippen LogP contribution is -2.50. The number of aliphatic hydroxyl groups excluding tert-OH is 2. The third kappa shape index (κ3) is 3.71. The number of aromatic hydroxyl groups is 1. The maximum absolute atomic E-state index is 11.0. The molecule has 2 aliphatic heterocycles. The summed E-state index contributed by atoms with van der Waals surface area (Å²) in [5, 5.41) is 34.5. The van der Waals surface area contributed by atoms with Crippen LogP contribution in [0.4, 0.5) is 0 Å². The topological polar surface area (TPSA) is 82.0 Å². The largest absolute Gasteiger partial charge is 0.504 e. The summed E-state index contributed by atoms with van der Waals surface area (Å²) in [6.45, 7) is 11.0. The molecule has 0 spiro atoms. The third-order valence-electron chi connectivity index (χ3n) is 5.92. The van der Waals surface area contributed by atoms with Gasteiger partial charge < -0.3 is 25.4 Å². The highest BCUT2D eigenvalue weighted by atomic mass is 16.5. The van der Waals surface area contributed by atoms with Gasteiger partial charge in [-0.05, 0) is 51.3 Å². The summed E-state index contributed by atoms with van der Waals surface area (Å²) in [6, 6.07) is 3.89. The summed E-state index contributed by atoms with van der Waals surface area (Å²) >= 11 is 0. The van der Waals surface area contributed by atoms with Gasteiger partial charge in [-0.25, -0.2) is 0 Å². The van der Waals surface area contributed by atoms with Crippen LogP contribution in [0.3, 0.4) is 0 Å². The van der Waals surface area contributed by atoms with Crippen molar-refractivity contribution in [1.82, 2.24) is 5.32 Å². The van der Waals surface area contributed by atoms with Gasteiger partial charge in [-0.3, -0.25) is 0 Å². The lowest BCUT2D eigenvalue weighted by Gasteiger charge is -2.38. The molecule has 26 heavy (non-hydrogen) atoms. The minimum Gasteiger partial charge on any atom is -0.504 e. The molecule has 2 aliphatic rings. The number of fused-ring (bicyclic) bond motifs is 3. The van der Waals surface area contributed by atoms with E-state index in [-0.39, 0.29) is 18.3 Å². The second-order valence-corrected chi connectivity index (χ2v) is 7.68. The zero-order valence-electron chi connectivity index (χ0n) is 16.7. The second kappa shape index (κ2) is 8.59. The van der Waals surface area contributed by atoms with Crippen molar-refractivity contribution in [2.24, 2.45) is 5.92 Å². The Balaban J connectivity index is 0.00000117. The van der Waals surface area contributed by atoms with E-state index in [0.29, 0.717) is 11.8 Å². The van der Waals surface area contributed by atoms with E-state index in [4.69, 9.17) is 4.74 Å². The van der Waals surface area contributed by atoms with Crippen molar-refractivity contribution < 1.29 is 20.1 Å². The van der Waals surface area contributed by atoms with E-state index in [0.717, 1.165) is 36.9 Å². The minimum atomic E-state index is -0.767. The number of hydrogen-bond acceptors (Lipinski definition) is 5. The number of phenolic OH excluding ortho intramolecular Hbond substituents is 1. The van der Waals surface area contributed by atoms with Crippen LogP contribution in [0.25, 0.3) is 0 Å². The predicted molar refractivity (Wildman–Crippen MR) is 104 cm³/mol. The van der Waals surface area contributed by atoms with Crippen molar-refractivity contribution in [1.29, 1.82) is 0 Å². The average molecular weight is 366 g/mol. The molecule has 1 saturated heterocycles. The number of aliphatic hydroxyl groups is 2. The SMILES string of the molecule is CC.Cc1ccc(O)c2c1C1(C)CCNC(C)CCC(CO)C(O)[C@@H]1O2. The number of rotatable bonds is 1. The minimum absolute atomic E-state index is 0.0643. The molecule has 1 fully saturated rings. The van der Waals surface area contributed by atoms with Gasteiger partial charge in [0.05, 0.1) is 6.10 Å². The van der Waals surface area contributed by atoms with Gasteiger partial charge in [-0.2, -0.15) is 0 Å². The maximum atomic E-state index is 11.0. The average Bonchev–Trinajstić information content (AvgIpc) is 2.94. The molecule has 0 amide bonds. The molecule has 0 bridgehead atoms. The second-order valence-electron chi connectivity index (χ2n) is 7.68. The third-order valence-corrected chi connectivity index (χ3v) is 5.92. The van der Waals surface area contributed by atoms with Crippen molar-refractivity contribution >= 4 is 0 Å². The van der Waals surface area contributed by atoms with E-state index in [9.17, 15) is 15.3 Å². The van der Waals surface area contributed by atoms with Crippen molar-refractivity contribution in [3.63, 3.8) is 0 Å². The summed E-state index contributed by atoms with van der Waals surface area (Å²) in [4.78, 5) is 0. The maximum Gasteiger partial charge on any atom is 0.165 e. The molecule has 148 valence electrons. The van der Waals surface area contributed by atoms with E-state index in [1.165, 1.54) is 0 Å². The van der Waals surface area contributed by atoms with Crippen molar-refractivity contribution in [3.8, 4) is 11.5 Å². The summed E-state index contributed by atoms with van der Waals surface area (Å²) < 4.78 is 6.09. The van der Waals surface area contributed by atoms with Crippen LogP contribution in [0.1, 0.15) is 58.1 Å². The summed E-state index contributed by atoms with van der Waals surface area (Å²) in [7, 11) is 0. The Labute approximate surface area is 157 Å². The molecule has 5 atom stereocenters. The van der Waals surface area contributed by atoms with Gasteiger partial charge in [-0.15, -0.1) is 0 Å². The van der Waals surface area contributed by atoms with E-state index in [1.807, 2.05) is 26.8 Å². The van der Waals surface area contributed by atoms with E-state index in [1.54, 1.807) is 6.07 Å². The van der Waals surface area contributed by atoms with Crippen LogP contribution < -0.4 is 10.1 Å². The first kappa shape index (κ1) is 21.0. The molecule has 1 aromatic carbocycles. The van der Waals surface area contributed by atoms with E-state index < -0.39 is 17.6 Å². The van der Waals surface area contributed by atoms with Crippen molar-refractivity contribution in [2.45, 2.75) is 77.5 Å². The number of ether oxygens (including phenoxy) is 1. The van der Waals surface area contributed by atoms with Gasteiger partial charge in [0.15, 0.2) is 11.5 Å². The van der Waals surface area contributed by atoms with Crippen LogP contribution in [0.5, 0.6) is 11.5 Å². The van der Waals surface area contributed by atoms with Crippen LogP contribution in [-0.2, 0) is 5.41 Å². The molecule has 4 N–H and O–H groups in total. The fourth-order valence-corrected chi connectivity index (χ4v) is 4.37. The zero-order chi connectivity index (χ0) is 19.5. The van der Waals surface area contributed by atoms with Crippen LogP contribution in [0.2, 0.25) is 0 Å². The Morgan fingerprint density at radius 1 is 1.27 bits per heavy atom. The molecule has 5 nitrogen and oxygen atoms in total. The molecule has 2 heterocycles. The highest BCUT2D eigenvalue weighted by molar-refractivity contribution is 5.57. The molecule has 5 heteroatoms. The van der Waals surface area contributed by atoms with Crippen molar-refractivity contribution in [3.05, 3.63) is 23.3 Å². The summed E-state index contributed by atoms with van der Waals surface area (Å²) in [6.07, 6.45) is 1.21. The van der Waals surface area contributed by atoms with Gasteiger partial charge in [0.2, 0.25) is 0 Å². The number of phenols is 1. The monoisotopic (exact) mass is 365 g/mol. The van der Waals surface area contributed by atoms with Gasteiger partial charge in [0.25, 0.3) is 0 Å². The molecule has 1 aromatic rings. The molecule has 0 radical (unpaired) electrons. The van der Waals surface area contributed by atoms with Gasteiger partial charge in [0, 0.05) is 29.5 Å². The molecular weight excluding hydrogens is 330 g/mol. The quantitative estimate of drug-likeness (QED) is 0.615. The van der Waals surface area contributed by atoms with E-state index >= 15 is 0 Å². The summed E-state index contributed by atoms with van der Waals surface area (Å²) in [5.74, 6) is 0.382. The first-order valence-corrected chi connectivity index (χ1v) is 9.90.